The SMILES string of the molecule is Cn1nnc(-c2n[nH]c(-c3ccco3)n2)c1N. The van der Waals surface area contributed by atoms with E-state index >= 15 is 0 Å². The highest BCUT2D eigenvalue weighted by atomic mass is 16.3. The van der Waals surface area contributed by atoms with Crippen LogP contribution in [0.5, 0.6) is 0 Å². The number of nitrogen functional groups attached to an aromatic ring is 1. The summed E-state index contributed by atoms with van der Waals surface area (Å²) >= 11 is 0. The van der Waals surface area contributed by atoms with Crippen molar-refractivity contribution in [1.29, 1.82) is 0 Å². The van der Waals surface area contributed by atoms with Crippen LogP contribution in [0, 0.1) is 0 Å². The van der Waals surface area contributed by atoms with Gasteiger partial charge in [0.05, 0.1) is 6.26 Å². The lowest BCUT2D eigenvalue weighted by Gasteiger charge is -1.91. The van der Waals surface area contributed by atoms with Gasteiger partial charge in [0.1, 0.15) is 0 Å². The van der Waals surface area contributed by atoms with E-state index in [1.54, 1.807) is 25.4 Å². The second-order valence-corrected chi connectivity index (χ2v) is 3.43. The first kappa shape index (κ1) is 9.58. The average molecular weight is 231 g/mol. The molecule has 3 rings (SSSR count). The smallest absolute Gasteiger partial charge is 0.206 e. The first-order valence-electron chi connectivity index (χ1n) is 4.87. The van der Waals surface area contributed by atoms with Crippen LogP contribution in [0.25, 0.3) is 23.1 Å². The number of rotatable bonds is 2. The number of furan rings is 1. The van der Waals surface area contributed by atoms with Crippen molar-refractivity contribution in [2.24, 2.45) is 7.05 Å². The van der Waals surface area contributed by atoms with Gasteiger partial charge in [-0.3, -0.25) is 5.10 Å². The van der Waals surface area contributed by atoms with Crippen molar-refractivity contribution in [3.05, 3.63) is 18.4 Å². The molecule has 8 heteroatoms. The summed E-state index contributed by atoms with van der Waals surface area (Å²) in [6.45, 7) is 0. The monoisotopic (exact) mass is 231 g/mol. The standard InChI is InChI=1S/C9H9N7O/c1-16-7(10)6(12-15-16)9-11-8(13-14-9)5-3-2-4-17-5/h2-4H,10H2,1H3,(H,11,13,14). The zero-order chi connectivity index (χ0) is 11.8. The largest absolute Gasteiger partial charge is 0.461 e. The van der Waals surface area contributed by atoms with Gasteiger partial charge in [-0.1, -0.05) is 5.21 Å². The molecule has 0 aliphatic heterocycles. The maximum absolute atomic E-state index is 5.78. The molecule has 0 bridgehead atoms. The molecular weight excluding hydrogens is 222 g/mol. The third-order valence-electron chi connectivity index (χ3n) is 2.32. The van der Waals surface area contributed by atoms with Gasteiger partial charge in [0.2, 0.25) is 5.82 Å². The molecule has 3 aromatic rings. The van der Waals surface area contributed by atoms with E-state index < -0.39 is 0 Å². The molecule has 86 valence electrons. The average Bonchev–Trinajstić information content (AvgIpc) is 3.01. The Morgan fingerprint density at radius 3 is 3.00 bits per heavy atom. The maximum Gasteiger partial charge on any atom is 0.206 e. The van der Waals surface area contributed by atoms with Crippen molar-refractivity contribution in [1.82, 2.24) is 30.2 Å². The van der Waals surface area contributed by atoms with Crippen molar-refractivity contribution in [2.75, 3.05) is 5.73 Å². The molecule has 0 amide bonds. The number of nitrogens with two attached hydrogens (primary N) is 1. The molecule has 0 aliphatic carbocycles. The van der Waals surface area contributed by atoms with Gasteiger partial charge in [-0.2, -0.15) is 5.10 Å². The molecule has 0 saturated carbocycles. The Kier molecular flexibility index (Phi) is 1.94. The van der Waals surface area contributed by atoms with Crippen LogP contribution >= 0.6 is 0 Å². The van der Waals surface area contributed by atoms with Crippen molar-refractivity contribution in [3.8, 4) is 23.1 Å². The van der Waals surface area contributed by atoms with Crippen molar-refractivity contribution in [2.45, 2.75) is 0 Å². The zero-order valence-corrected chi connectivity index (χ0v) is 8.95. The molecule has 0 unspecified atom stereocenters. The lowest BCUT2D eigenvalue weighted by molar-refractivity contribution is 0.577. The van der Waals surface area contributed by atoms with Gasteiger partial charge in [-0.05, 0) is 12.1 Å². The van der Waals surface area contributed by atoms with Crippen molar-refractivity contribution >= 4 is 5.82 Å². The first-order valence-corrected chi connectivity index (χ1v) is 4.87. The Bertz CT molecular complexity index is 636. The van der Waals surface area contributed by atoms with Gasteiger partial charge < -0.3 is 10.2 Å². The quantitative estimate of drug-likeness (QED) is 0.662. The minimum absolute atomic E-state index is 0.391. The van der Waals surface area contributed by atoms with E-state index in [2.05, 4.69) is 25.5 Å². The predicted molar refractivity (Wildman–Crippen MR) is 58.5 cm³/mol. The fraction of sp³-hybridized carbons (Fsp3) is 0.111. The Morgan fingerprint density at radius 2 is 2.35 bits per heavy atom. The van der Waals surface area contributed by atoms with Gasteiger partial charge in [0.25, 0.3) is 0 Å². The maximum atomic E-state index is 5.78. The number of anilines is 1. The van der Waals surface area contributed by atoms with Gasteiger partial charge in [0, 0.05) is 7.05 Å². The molecule has 3 N–H and O–H groups in total. The number of hydrogen-bond acceptors (Lipinski definition) is 6. The molecule has 3 aromatic heterocycles. The number of H-pyrrole nitrogens is 1. The number of nitrogens with zero attached hydrogens (tertiary/aromatic N) is 5. The highest BCUT2D eigenvalue weighted by Crippen LogP contribution is 2.21. The minimum Gasteiger partial charge on any atom is -0.461 e. The fourth-order valence-electron chi connectivity index (χ4n) is 1.41. The van der Waals surface area contributed by atoms with Crippen molar-refractivity contribution < 1.29 is 4.42 Å². The second kappa shape index (κ2) is 3.44. The van der Waals surface area contributed by atoms with Crippen LogP contribution in [0.1, 0.15) is 0 Å². The van der Waals surface area contributed by atoms with E-state index in [9.17, 15) is 0 Å². The summed E-state index contributed by atoms with van der Waals surface area (Å²) in [5.74, 6) is 1.93. The number of aromatic nitrogens is 6. The lowest BCUT2D eigenvalue weighted by Crippen LogP contribution is -1.98. The van der Waals surface area contributed by atoms with E-state index in [0.717, 1.165) is 0 Å². The highest BCUT2D eigenvalue weighted by Gasteiger charge is 2.16. The van der Waals surface area contributed by atoms with Gasteiger partial charge in [-0.25, -0.2) is 9.67 Å². The van der Waals surface area contributed by atoms with Gasteiger partial charge in [-0.15, -0.1) is 5.10 Å². The molecule has 0 spiro atoms. The molecular formula is C9H9N7O. The third-order valence-corrected chi connectivity index (χ3v) is 2.32. The molecule has 8 nitrogen and oxygen atoms in total. The van der Waals surface area contributed by atoms with E-state index in [1.807, 2.05) is 0 Å². The number of aryl methyl sites for hydroxylation is 1. The molecule has 3 heterocycles. The molecule has 0 aliphatic rings. The van der Waals surface area contributed by atoms with Crippen LogP contribution in [-0.4, -0.2) is 30.2 Å². The lowest BCUT2D eigenvalue weighted by atomic mass is 10.4. The van der Waals surface area contributed by atoms with Crippen LogP contribution in [-0.2, 0) is 7.05 Å². The van der Waals surface area contributed by atoms with E-state index in [0.29, 0.717) is 28.9 Å². The summed E-state index contributed by atoms with van der Waals surface area (Å²) in [6, 6.07) is 3.55. The Labute approximate surface area is 95.5 Å². The van der Waals surface area contributed by atoms with Crippen LogP contribution in [0.3, 0.4) is 0 Å². The second-order valence-electron chi connectivity index (χ2n) is 3.43. The Hall–Kier alpha value is -2.64. The Balaban J connectivity index is 2.04. The Morgan fingerprint density at radius 1 is 1.47 bits per heavy atom. The summed E-state index contributed by atoms with van der Waals surface area (Å²) in [6.07, 6.45) is 1.56. The molecule has 17 heavy (non-hydrogen) atoms. The van der Waals surface area contributed by atoms with Crippen LogP contribution in [0.4, 0.5) is 5.82 Å². The number of nitrogens with one attached hydrogen (secondary N) is 1. The first-order chi connectivity index (χ1) is 8.25. The van der Waals surface area contributed by atoms with Crippen LogP contribution in [0.15, 0.2) is 22.8 Å². The summed E-state index contributed by atoms with van der Waals surface area (Å²) in [5, 5.41) is 14.5. The highest BCUT2D eigenvalue weighted by molar-refractivity contribution is 5.64. The van der Waals surface area contributed by atoms with Gasteiger partial charge in [0.15, 0.2) is 23.1 Å². The summed E-state index contributed by atoms with van der Waals surface area (Å²) in [4.78, 5) is 4.24. The molecule has 0 atom stereocenters. The minimum atomic E-state index is 0.391. The summed E-state index contributed by atoms with van der Waals surface area (Å²) in [7, 11) is 1.70. The summed E-state index contributed by atoms with van der Waals surface area (Å²) in [5.41, 5.74) is 6.23. The normalized spacial score (nSPS) is 10.9. The van der Waals surface area contributed by atoms with Crippen molar-refractivity contribution in [3.63, 3.8) is 0 Å². The number of aromatic amines is 1. The van der Waals surface area contributed by atoms with Crippen LogP contribution in [0.2, 0.25) is 0 Å². The van der Waals surface area contributed by atoms with Crippen LogP contribution < -0.4 is 5.73 Å². The number of hydrogen-bond donors (Lipinski definition) is 2. The van der Waals surface area contributed by atoms with E-state index in [-0.39, 0.29) is 0 Å². The zero-order valence-electron chi connectivity index (χ0n) is 8.95. The predicted octanol–water partition coefficient (Wildman–Crippen LogP) is 0.442. The fourth-order valence-corrected chi connectivity index (χ4v) is 1.41. The molecule has 0 fully saturated rings. The topological polar surface area (TPSA) is 111 Å². The third kappa shape index (κ3) is 1.46. The molecule has 0 radical (unpaired) electrons. The van der Waals surface area contributed by atoms with Gasteiger partial charge >= 0.3 is 0 Å². The van der Waals surface area contributed by atoms with E-state index in [4.69, 9.17) is 10.2 Å². The molecule has 0 aromatic carbocycles. The molecule has 0 saturated heterocycles. The summed E-state index contributed by atoms with van der Waals surface area (Å²) < 4.78 is 6.65. The van der Waals surface area contributed by atoms with E-state index in [1.165, 1.54) is 4.68 Å².